The van der Waals surface area contributed by atoms with Crippen LogP contribution in [-0.2, 0) is 17.8 Å². The van der Waals surface area contributed by atoms with Crippen molar-refractivity contribution in [2.45, 2.75) is 20.0 Å². The quantitative estimate of drug-likeness (QED) is 0.502. The zero-order chi connectivity index (χ0) is 8.81. The summed E-state index contributed by atoms with van der Waals surface area (Å²) in [4.78, 5) is 2.72. The smallest absolute Gasteiger partial charge is 0.0813 e. The number of hydrogen-bond donors (Lipinski definition) is 0. The summed E-state index contributed by atoms with van der Waals surface area (Å²) >= 11 is 1.82. The van der Waals surface area contributed by atoms with Crippen LogP contribution in [0.25, 0.3) is 0 Å². The first-order valence-corrected chi connectivity index (χ1v) is 4.94. The normalized spacial score (nSPS) is 10.1. The molecule has 0 amide bonds. The third kappa shape index (κ3) is 2.80. The molecule has 66 valence electrons. The SMILES string of the molecule is C=CCOCc1ccc(CC)s1. The first kappa shape index (κ1) is 9.49. The van der Waals surface area contributed by atoms with E-state index in [1.54, 1.807) is 6.08 Å². The van der Waals surface area contributed by atoms with E-state index in [9.17, 15) is 0 Å². The molecule has 0 aromatic carbocycles. The molecule has 1 rings (SSSR count). The van der Waals surface area contributed by atoms with E-state index >= 15 is 0 Å². The Hall–Kier alpha value is -0.600. The molecule has 0 unspecified atom stereocenters. The van der Waals surface area contributed by atoms with Crippen molar-refractivity contribution < 1.29 is 4.74 Å². The Morgan fingerprint density at radius 1 is 1.50 bits per heavy atom. The number of hydrogen-bond acceptors (Lipinski definition) is 2. The molecule has 0 aliphatic heterocycles. The molecule has 1 aromatic rings. The number of ether oxygens (including phenoxy) is 1. The third-order valence-electron chi connectivity index (χ3n) is 1.55. The molecule has 1 aromatic heterocycles. The van der Waals surface area contributed by atoms with Crippen LogP contribution in [-0.4, -0.2) is 6.61 Å². The maximum absolute atomic E-state index is 5.32. The van der Waals surface area contributed by atoms with Gasteiger partial charge in [-0.1, -0.05) is 13.0 Å². The lowest BCUT2D eigenvalue weighted by atomic mass is 10.4. The number of thiophene rings is 1. The highest BCUT2D eigenvalue weighted by Crippen LogP contribution is 2.17. The predicted molar refractivity (Wildman–Crippen MR) is 53.6 cm³/mol. The molecule has 12 heavy (non-hydrogen) atoms. The molecule has 0 bridgehead atoms. The van der Waals surface area contributed by atoms with Gasteiger partial charge in [0.15, 0.2) is 0 Å². The highest BCUT2D eigenvalue weighted by molar-refractivity contribution is 7.11. The molecular formula is C10H14OS. The maximum atomic E-state index is 5.32. The summed E-state index contributed by atoms with van der Waals surface area (Å²) in [5.41, 5.74) is 0. The minimum absolute atomic E-state index is 0.638. The van der Waals surface area contributed by atoms with E-state index < -0.39 is 0 Å². The van der Waals surface area contributed by atoms with Crippen LogP contribution in [0.4, 0.5) is 0 Å². The Labute approximate surface area is 77.7 Å². The van der Waals surface area contributed by atoms with Crippen LogP contribution in [0.15, 0.2) is 24.8 Å². The Bertz CT molecular complexity index is 240. The van der Waals surface area contributed by atoms with E-state index in [0.29, 0.717) is 6.61 Å². The zero-order valence-electron chi connectivity index (χ0n) is 7.38. The molecule has 0 atom stereocenters. The molecule has 0 aliphatic carbocycles. The Morgan fingerprint density at radius 2 is 2.25 bits per heavy atom. The highest BCUT2D eigenvalue weighted by Gasteiger charge is 1.96. The van der Waals surface area contributed by atoms with Gasteiger partial charge in [0.2, 0.25) is 0 Å². The lowest BCUT2D eigenvalue weighted by Gasteiger charge is -1.96. The van der Waals surface area contributed by atoms with E-state index in [1.807, 2.05) is 11.3 Å². The molecule has 0 saturated heterocycles. The fraction of sp³-hybridized carbons (Fsp3) is 0.400. The largest absolute Gasteiger partial charge is 0.372 e. The molecule has 0 radical (unpaired) electrons. The van der Waals surface area contributed by atoms with E-state index in [4.69, 9.17) is 4.74 Å². The number of aryl methyl sites for hydroxylation is 1. The molecule has 1 nitrogen and oxygen atoms in total. The van der Waals surface area contributed by atoms with Crippen molar-refractivity contribution in [2.75, 3.05) is 6.61 Å². The minimum atomic E-state index is 0.638. The van der Waals surface area contributed by atoms with Gasteiger partial charge >= 0.3 is 0 Å². The van der Waals surface area contributed by atoms with Crippen LogP contribution >= 0.6 is 11.3 Å². The fourth-order valence-electron chi connectivity index (χ4n) is 0.933. The van der Waals surface area contributed by atoms with Gasteiger partial charge in [-0.05, 0) is 18.6 Å². The van der Waals surface area contributed by atoms with E-state index in [1.165, 1.54) is 9.75 Å². The molecule has 0 N–H and O–H groups in total. The number of rotatable bonds is 5. The summed E-state index contributed by atoms with van der Waals surface area (Å²) in [7, 11) is 0. The second-order valence-electron chi connectivity index (χ2n) is 2.53. The molecule has 2 heteroatoms. The monoisotopic (exact) mass is 182 g/mol. The predicted octanol–water partition coefficient (Wildman–Crippen LogP) is 3.01. The summed E-state index contributed by atoms with van der Waals surface area (Å²) in [6.07, 6.45) is 2.89. The van der Waals surface area contributed by atoms with Gasteiger partial charge in [-0.15, -0.1) is 17.9 Å². The molecule has 0 spiro atoms. The van der Waals surface area contributed by atoms with Gasteiger partial charge in [0, 0.05) is 9.75 Å². The van der Waals surface area contributed by atoms with Crippen molar-refractivity contribution in [3.63, 3.8) is 0 Å². The van der Waals surface area contributed by atoms with E-state index in [-0.39, 0.29) is 0 Å². The summed E-state index contributed by atoms with van der Waals surface area (Å²) < 4.78 is 5.32. The van der Waals surface area contributed by atoms with Gasteiger partial charge in [-0.2, -0.15) is 0 Å². The van der Waals surface area contributed by atoms with Crippen molar-refractivity contribution in [1.29, 1.82) is 0 Å². The van der Waals surface area contributed by atoms with Crippen molar-refractivity contribution in [3.05, 3.63) is 34.5 Å². The maximum Gasteiger partial charge on any atom is 0.0813 e. The Balaban J connectivity index is 2.36. The van der Waals surface area contributed by atoms with E-state index in [0.717, 1.165) is 13.0 Å². The minimum Gasteiger partial charge on any atom is -0.372 e. The summed E-state index contributed by atoms with van der Waals surface area (Å²) in [6.45, 7) is 7.12. The second kappa shape index (κ2) is 5.12. The average Bonchev–Trinajstić information content (AvgIpc) is 2.53. The Morgan fingerprint density at radius 3 is 2.83 bits per heavy atom. The zero-order valence-corrected chi connectivity index (χ0v) is 8.19. The Kier molecular flexibility index (Phi) is 4.05. The first-order chi connectivity index (χ1) is 5.86. The standard InChI is InChI=1S/C10H14OS/c1-3-7-11-8-10-6-5-9(4-2)12-10/h3,5-6H,1,4,7-8H2,2H3. The van der Waals surface area contributed by atoms with Gasteiger partial charge < -0.3 is 4.74 Å². The molecule has 0 fully saturated rings. The fourth-order valence-corrected chi connectivity index (χ4v) is 1.83. The second-order valence-corrected chi connectivity index (χ2v) is 3.78. The van der Waals surface area contributed by atoms with Crippen LogP contribution in [0.3, 0.4) is 0 Å². The highest BCUT2D eigenvalue weighted by atomic mass is 32.1. The van der Waals surface area contributed by atoms with Crippen LogP contribution in [0.2, 0.25) is 0 Å². The van der Waals surface area contributed by atoms with Crippen LogP contribution in [0.5, 0.6) is 0 Å². The van der Waals surface area contributed by atoms with E-state index in [2.05, 4.69) is 25.6 Å². The van der Waals surface area contributed by atoms with Crippen molar-refractivity contribution in [1.82, 2.24) is 0 Å². The molecule has 0 saturated carbocycles. The third-order valence-corrected chi connectivity index (χ3v) is 2.75. The molecule has 1 heterocycles. The summed E-state index contributed by atoms with van der Waals surface area (Å²) in [5, 5.41) is 0. The molecular weight excluding hydrogens is 168 g/mol. The van der Waals surface area contributed by atoms with Gasteiger partial charge in [0.05, 0.1) is 13.2 Å². The van der Waals surface area contributed by atoms with Gasteiger partial charge in [0.1, 0.15) is 0 Å². The topological polar surface area (TPSA) is 9.23 Å². The average molecular weight is 182 g/mol. The lowest BCUT2D eigenvalue weighted by Crippen LogP contribution is -1.88. The lowest BCUT2D eigenvalue weighted by molar-refractivity contribution is 0.151. The van der Waals surface area contributed by atoms with Crippen LogP contribution in [0, 0.1) is 0 Å². The van der Waals surface area contributed by atoms with Crippen LogP contribution < -0.4 is 0 Å². The van der Waals surface area contributed by atoms with Gasteiger partial charge in [-0.3, -0.25) is 0 Å². The first-order valence-electron chi connectivity index (χ1n) is 4.13. The van der Waals surface area contributed by atoms with Gasteiger partial charge in [0.25, 0.3) is 0 Å². The van der Waals surface area contributed by atoms with Crippen molar-refractivity contribution in [2.24, 2.45) is 0 Å². The summed E-state index contributed by atoms with van der Waals surface area (Å²) in [6, 6.07) is 4.30. The molecule has 0 aliphatic rings. The van der Waals surface area contributed by atoms with Crippen molar-refractivity contribution in [3.8, 4) is 0 Å². The van der Waals surface area contributed by atoms with Gasteiger partial charge in [-0.25, -0.2) is 0 Å². The summed E-state index contributed by atoms with van der Waals surface area (Å²) in [5.74, 6) is 0. The van der Waals surface area contributed by atoms with Crippen LogP contribution in [0.1, 0.15) is 16.7 Å². The van der Waals surface area contributed by atoms with Crippen molar-refractivity contribution >= 4 is 11.3 Å².